The highest BCUT2D eigenvalue weighted by Crippen LogP contribution is 2.46. The minimum atomic E-state index is -3.00. The molecule has 0 aromatic heterocycles. The predicted octanol–water partition coefficient (Wildman–Crippen LogP) is 1.99. The predicted molar refractivity (Wildman–Crippen MR) is 122 cm³/mol. The van der Waals surface area contributed by atoms with Gasteiger partial charge in [0.2, 0.25) is 0 Å². The molecule has 8 nitrogen and oxygen atoms in total. The molecular weight excluding hydrogens is 495 g/mol. The maximum atomic E-state index is 12.0. The Kier molecular flexibility index (Phi) is 8.85. The molecule has 1 aliphatic heterocycles. The van der Waals surface area contributed by atoms with Gasteiger partial charge in [-0.1, -0.05) is 0 Å². The number of nitrogens with zero attached hydrogens (tertiary/aromatic N) is 2. The lowest BCUT2D eigenvalue weighted by molar-refractivity contribution is 0.0507. The number of alkyl carbamates (subject to hydrolysis) is 1. The number of guanidine groups is 1. The van der Waals surface area contributed by atoms with E-state index in [4.69, 9.17) is 9.73 Å². The van der Waals surface area contributed by atoms with Gasteiger partial charge in [0.15, 0.2) is 5.96 Å². The summed E-state index contributed by atoms with van der Waals surface area (Å²) in [7, 11) is -3.00. The van der Waals surface area contributed by atoms with Crippen LogP contribution in [0.3, 0.4) is 0 Å². The largest absolute Gasteiger partial charge is 0.444 e. The molecule has 0 spiro atoms. The van der Waals surface area contributed by atoms with E-state index in [-0.39, 0.29) is 41.2 Å². The van der Waals surface area contributed by atoms with Crippen molar-refractivity contribution in [2.24, 2.45) is 10.4 Å². The molecule has 0 aromatic carbocycles. The lowest BCUT2D eigenvalue weighted by atomic mass is 10.1. The van der Waals surface area contributed by atoms with Crippen molar-refractivity contribution in [1.29, 1.82) is 0 Å². The zero-order valence-corrected chi connectivity index (χ0v) is 20.7. The van der Waals surface area contributed by atoms with Crippen LogP contribution in [-0.4, -0.2) is 75.2 Å². The van der Waals surface area contributed by atoms with E-state index < -0.39 is 21.5 Å². The summed E-state index contributed by atoms with van der Waals surface area (Å²) < 4.78 is 28.6. The summed E-state index contributed by atoms with van der Waals surface area (Å²) in [6.45, 7) is 10.2. The number of nitrogens with one attached hydrogen (secondary N) is 2. The van der Waals surface area contributed by atoms with Crippen molar-refractivity contribution in [2.75, 3.05) is 38.2 Å². The second-order valence-corrected chi connectivity index (χ2v) is 11.0. The van der Waals surface area contributed by atoms with E-state index in [1.165, 1.54) is 6.26 Å². The van der Waals surface area contributed by atoms with Gasteiger partial charge >= 0.3 is 6.09 Å². The number of hydrogen-bond acceptors (Lipinski definition) is 5. The number of carbonyl (C=O) groups is 1. The molecule has 0 radical (unpaired) electrons. The molecule has 1 amide bonds. The second-order valence-electron chi connectivity index (χ2n) is 8.82. The lowest BCUT2D eigenvalue weighted by Gasteiger charge is -2.24. The van der Waals surface area contributed by atoms with Crippen LogP contribution in [0.2, 0.25) is 0 Å². The fourth-order valence-corrected chi connectivity index (χ4v) is 4.79. The van der Waals surface area contributed by atoms with Gasteiger partial charge in [-0.05, 0) is 47.0 Å². The summed E-state index contributed by atoms with van der Waals surface area (Å²) in [6, 6.07) is 0.00890. The summed E-state index contributed by atoms with van der Waals surface area (Å²) in [6.07, 6.45) is 3.52. The van der Waals surface area contributed by atoms with E-state index in [1.54, 1.807) is 0 Å². The van der Waals surface area contributed by atoms with Gasteiger partial charge in [0.25, 0.3) is 0 Å². The monoisotopic (exact) mass is 530 g/mol. The maximum Gasteiger partial charge on any atom is 0.407 e. The molecule has 1 saturated heterocycles. The highest BCUT2D eigenvalue weighted by molar-refractivity contribution is 14.0. The third-order valence-electron chi connectivity index (χ3n) is 4.63. The topological polar surface area (TPSA) is 100 Å². The summed E-state index contributed by atoms with van der Waals surface area (Å²) >= 11 is 0. The summed E-state index contributed by atoms with van der Waals surface area (Å²) in [5.74, 6) is 0.983. The third kappa shape index (κ3) is 8.71. The van der Waals surface area contributed by atoms with E-state index >= 15 is 0 Å². The molecule has 2 aliphatic rings. The lowest BCUT2D eigenvalue weighted by Crippen LogP contribution is -2.44. The maximum absolute atomic E-state index is 12.0. The molecular formula is C18H35IN4O4S. The number of ether oxygens (including phenoxy) is 1. The van der Waals surface area contributed by atoms with Gasteiger partial charge in [0.05, 0.1) is 11.8 Å². The Morgan fingerprint density at radius 3 is 2.46 bits per heavy atom. The average Bonchev–Trinajstić information content (AvgIpc) is 3.07. The summed E-state index contributed by atoms with van der Waals surface area (Å²) in [5.41, 5.74) is -0.709. The first-order chi connectivity index (χ1) is 12.4. The van der Waals surface area contributed by atoms with Crippen LogP contribution >= 0.6 is 24.0 Å². The van der Waals surface area contributed by atoms with Crippen LogP contribution in [0.25, 0.3) is 0 Å². The Labute approximate surface area is 186 Å². The quantitative estimate of drug-likeness (QED) is 0.310. The zero-order chi connectivity index (χ0) is 20.3. The highest BCUT2D eigenvalue weighted by Gasteiger charge is 2.45. The molecule has 1 saturated carbocycles. The number of likely N-dealkylation sites (tertiary alicyclic amines) is 1. The van der Waals surface area contributed by atoms with Gasteiger partial charge in [-0.3, -0.25) is 4.99 Å². The van der Waals surface area contributed by atoms with Crippen LogP contribution in [0.5, 0.6) is 0 Å². The van der Waals surface area contributed by atoms with Crippen molar-refractivity contribution in [3.05, 3.63) is 0 Å². The Balaban J connectivity index is 0.00000392. The standard InChI is InChI=1S/C18H34N4O4S.HI/c1-6-19-15(20-12-18(8-9-18)13-27(5,24)25)22-10-7-14(11-22)21-16(23)26-17(2,3)4;/h14H,6-13H2,1-5H3,(H,19,20)(H,21,23);1H/t14-;/m1./s1. The molecule has 1 atom stereocenters. The van der Waals surface area contributed by atoms with E-state index in [2.05, 4.69) is 15.5 Å². The molecule has 1 heterocycles. The van der Waals surface area contributed by atoms with E-state index in [1.807, 2.05) is 27.7 Å². The molecule has 0 unspecified atom stereocenters. The zero-order valence-electron chi connectivity index (χ0n) is 17.6. The molecule has 2 fully saturated rings. The Morgan fingerprint density at radius 2 is 1.96 bits per heavy atom. The van der Waals surface area contributed by atoms with Crippen molar-refractivity contribution < 1.29 is 17.9 Å². The van der Waals surface area contributed by atoms with Gasteiger partial charge < -0.3 is 20.3 Å². The highest BCUT2D eigenvalue weighted by atomic mass is 127. The van der Waals surface area contributed by atoms with Gasteiger partial charge in [0.1, 0.15) is 15.4 Å². The van der Waals surface area contributed by atoms with Crippen LogP contribution in [0.1, 0.15) is 47.0 Å². The minimum absolute atomic E-state index is 0. The number of rotatable bonds is 6. The fraction of sp³-hybridized carbons (Fsp3) is 0.889. The molecule has 10 heteroatoms. The molecule has 2 N–H and O–H groups in total. The second kappa shape index (κ2) is 9.82. The van der Waals surface area contributed by atoms with Gasteiger partial charge in [-0.25, -0.2) is 13.2 Å². The van der Waals surface area contributed by atoms with E-state index in [9.17, 15) is 13.2 Å². The molecule has 0 aromatic rings. The molecule has 28 heavy (non-hydrogen) atoms. The molecule has 1 aliphatic carbocycles. The Bertz CT molecular complexity index is 672. The fourth-order valence-electron chi connectivity index (χ4n) is 3.29. The van der Waals surface area contributed by atoms with Crippen molar-refractivity contribution in [1.82, 2.24) is 15.5 Å². The van der Waals surface area contributed by atoms with Crippen molar-refractivity contribution in [2.45, 2.75) is 58.6 Å². The van der Waals surface area contributed by atoms with E-state index in [0.29, 0.717) is 13.1 Å². The Morgan fingerprint density at radius 1 is 1.32 bits per heavy atom. The number of carbonyl (C=O) groups excluding carboxylic acids is 1. The number of aliphatic imine (C=N–C) groups is 1. The van der Waals surface area contributed by atoms with Gasteiger partial charge in [0, 0.05) is 37.8 Å². The van der Waals surface area contributed by atoms with Gasteiger partial charge in [-0.2, -0.15) is 0 Å². The first-order valence-electron chi connectivity index (χ1n) is 9.62. The SMILES string of the molecule is CCNC(=NCC1(CS(C)(=O)=O)CC1)N1CC[C@@H](NC(=O)OC(C)(C)C)C1.I. The van der Waals surface area contributed by atoms with Crippen LogP contribution in [0, 0.1) is 5.41 Å². The first kappa shape index (κ1) is 25.3. The average molecular weight is 530 g/mol. The van der Waals surface area contributed by atoms with Crippen molar-refractivity contribution in [3.63, 3.8) is 0 Å². The van der Waals surface area contributed by atoms with Crippen molar-refractivity contribution in [3.8, 4) is 0 Å². The first-order valence-corrected chi connectivity index (χ1v) is 11.7. The normalized spacial score (nSPS) is 21.7. The minimum Gasteiger partial charge on any atom is -0.444 e. The number of amides is 1. The van der Waals surface area contributed by atoms with Crippen molar-refractivity contribution >= 4 is 45.9 Å². The van der Waals surface area contributed by atoms with E-state index in [0.717, 1.165) is 38.3 Å². The smallest absolute Gasteiger partial charge is 0.407 e. The Hall–Kier alpha value is -0.780. The van der Waals surface area contributed by atoms with Crippen LogP contribution < -0.4 is 10.6 Å². The third-order valence-corrected chi connectivity index (χ3v) is 5.77. The molecule has 0 bridgehead atoms. The summed E-state index contributed by atoms with van der Waals surface area (Å²) in [4.78, 5) is 18.8. The van der Waals surface area contributed by atoms with Crippen LogP contribution in [0.4, 0.5) is 4.79 Å². The molecule has 2 rings (SSSR count). The van der Waals surface area contributed by atoms with Gasteiger partial charge in [-0.15, -0.1) is 24.0 Å². The number of hydrogen-bond donors (Lipinski definition) is 2. The van der Waals surface area contributed by atoms with Crippen LogP contribution in [0.15, 0.2) is 4.99 Å². The number of sulfone groups is 1. The molecule has 164 valence electrons. The van der Waals surface area contributed by atoms with Crippen LogP contribution in [-0.2, 0) is 14.6 Å². The summed E-state index contributed by atoms with van der Waals surface area (Å²) in [5, 5.41) is 6.20. The number of halogens is 1.